The Kier molecular flexibility index (Phi) is 2.91. The molecule has 0 atom stereocenters. The predicted octanol–water partition coefficient (Wildman–Crippen LogP) is 4.60. The zero-order valence-corrected chi connectivity index (χ0v) is 10.8. The number of hydrogen-bond acceptors (Lipinski definition) is 1. The maximum absolute atomic E-state index is 6.25. The maximum atomic E-state index is 6.25. The minimum Gasteiger partial charge on any atom is -0.346 e. The summed E-state index contributed by atoms with van der Waals surface area (Å²) in [6.45, 7) is 0.976. The topological polar surface area (TPSA) is 4.93 Å². The predicted molar refractivity (Wildman–Crippen MR) is 75.0 cm³/mol. The average molecular weight is 262 g/mol. The van der Waals surface area contributed by atoms with Crippen LogP contribution >= 0.6 is 22.9 Å². The number of aryl methyl sites for hydroxylation is 2. The van der Waals surface area contributed by atoms with Crippen molar-refractivity contribution in [2.24, 2.45) is 0 Å². The van der Waals surface area contributed by atoms with Gasteiger partial charge in [-0.05, 0) is 40.9 Å². The Morgan fingerprint density at radius 1 is 1.18 bits per heavy atom. The third kappa shape index (κ3) is 2.11. The summed E-state index contributed by atoms with van der Waals surface area (Å²) in [6, 6.07) is 10.3. The number of para-hydroxylation sites is 1. The Morgan fingerprint density at radius 2 is 2.12 bits per heavy atom. The molecule has 0 bridgehead atoms. The van der Waals surface area contributed by atoms with Crippen molar-refractivity contribution in [3.63, 3.8) is 0 Å². The van der Waals surface area contributed by atoms with Gasteiger partial charge in [0, 0.05) is 18.1 Å². The quantitative estimate of drug-likeness (QED) is 0.649. The molecule has 0 radical (unpaired) electrons. The number of fused-ring (bicyclic) bond motifs is 1. The third-order valence-corrected chi connectivity index (χ3v) is 4.00. The van der Waals surface area contributed by atoms with E-state index in [1.165, 1.54) is 10.9 Å². The average Bonchev–Trinajstić information content (AvgIpc) is 2.95. The van der Waals surface area contributed by atoms with Gasteiger partial charge >= 0.3 is 0 Å². The van der Waals surface area contributed by atoms with Gasteiger partial charge in [-0.25, -0.2) is 0 Å². The Hall–Kier alpha value is -1.25. The molecule has 0 fully saturated rings. The summed E-state index contributed by atoms with van der Waals surface area (Å²) in [7, 11) is 0. The zero-order chi connectivity index (χ0) is 11.7. The molecule has 0 aliphatic rings. The van der Waals surface area contributed by atoms with Crippen LogP contribution in [-0.4, -0.2) is 4.57 Å². The second-order valence-electron chi connectivity index (χ2n) is 4.07. The fourth-order valence-electron chi connectivity index (χ4n) is 2.09. The molecule has 0 aliphatic carbocycles. The summed E-state index contributed by atoms with van der Waals surface area (Å²) in [5.74, 6) is 0. The molecular formula is C14H12ClNS. The number of aromatic nitrogens is 1. The highest BCUT2D eigenvalue weighted by Gasteiger charge is 2.04. The number of rotatable bonds is 3. The van der Waals surface area contributed by atoms with Gasteiger partial charge in [0.05, 0.1) is 10.5 Å². The SMILES string of the molecule is Clc1cccc2ccn(CCc3ccsc3)c12. The van der Waals surface area contributed by atoms with Crippen LogP contribution in [-0.2, 0) is 13.0 Å². The lowest BCUT2D eigenvalue weighted by atomic mass is 10.2. The molecule has 2 heterocycles. The smallest absolute Gasteiger partial charge is 0.0669 e. The van der Waals surface area contributed by atoms with E-state index < -0.39 is 0 Å². The van der Waals surface area contributed by atoms with Gasteiger partial charge in [-0.2, -0.15) is 11.3 Å². The first-order valence-corrected chi connectivity index (χ1v) is 6.91. The van der Waals surface area contributed by atoms with Crippen molar-refractivity contribution < 1.29 is 0 Å². The van der Waals surface area contributed by atoms with Crippen LogP contribution in [0.2, 0.25) is 5.02 Å². The van der Waals surface area contributed by atoms with E-state index in [4.69, 9.17) is 11.6 Å². The van der Waals surface area contributed by atoms with E-state index in [-0.39, 0.29) is 0 Å². The fraction of sp³-hybridized carbons (Fsp3) is 0.143. The molecule has 86 valence electrons. The first-order valence-electron chi connectivity index (χ1n) is 5.59. The molecule has 0 saturated heterocycles. The van der Waals surface area contributed by atoms with Gasteiger partial charge < -0.3 is 4.57 Å². The van der Waals surface area contributed by atoms with Gasteiger partial charge in [0.2, 0.25) is 0 Å². The number of halogens is 1. The van der Waals surface area contributed by atoms with Gasteiger partial charge in [-0.15, -0.1) is 0 Å². The van der Waals surface area contributed by atoms with Gasteiger partial charge in [0.25, 0.3) is 0 Å². The summed E-state index contributed by atoms with van der Waals surface area (Å²) in [5, 5.41) is 6.37. The number of benzene rings is 1. The molecule has 1 nitrogen and oxygen atoms in total. The van der Waals surface area contributed by atoms with Crippen molar-refractivity contribution in [2.75, 3.05) is 0 Å². The first-order chi connectivity index (χ1) is 8.34. The van der Waals surface area contributed by atoms with Crippen LogP contribution in [0.3, 0.4) is 0 Å². The molecular weight excluding hydrogens is 250 g/mol. The Labute approximate surface area is 109 Å². The Bertz CT molecular complexity index is 625. The van der Waals surface area contributed by atoms with Crippen LogP contribution in [0.4, 0.5) is 0 Å². The molecule has 0 amide bonds. The minimum atomic E-state index is 0.831. The van der Waals surface area contributed by atoms with Crippen LogP contribution in [0.25, 0.3) is 10.9 Å². The van der Waals surface area contributed by atoms with Crippen LogP contribution in [0.15, 0.2) is 47.3 Å². The Balaban J connectivity index is 1.90. The monoisotopic (exact) mass is 261 g/mol. The highest BCUT2D eigenvalue weighted by molar-refractivity contribution is 7.07. The van der Waals surface area contributed by atoms with Crippen LogP contribution < -0.4 is 0 Å². The normalized spacial score (nSPS) is 11.1. The highest BCUT2D eigenvalue weighted by atomic mass is 35.5. The van der Waals surface area contributed by atoms with E-state index in [9.17, 15) is 0 Å². The molecule has 0 saturated carbocycles. The molecule has 3 aromatic rings. The lowest BCUT2D eigenvalue weighted by molar-refractivity contribution is 0.724. The fourth-order valence-corrected chi connectivity index (χ4v) is 3.08. The lowest BCUT2D eigenvalue weighted by Gasteiger charge is -2.05. The van der Waals surface area contributed by atoms with Crippen molar-refractivity contribution >= 4 is 33.8 Å². The van der Waals surface area contributed by atoms with E-state index in [2.05, 4.69) is 39.7 Å². The second-order valence-corrected chi connectivity index (χ2v) is 5.26. The molecule has 0 N–H and O–H groups in total. The van der Waals surface area contributed by atoms with Crippen molar-refractivity contribution in [1.82, 2.24) is 4.57 Å². The first kappa shape index (κ1) is 10.9. The molecule has 1 aromatic carbocycles. The van der Waals surface area contributed by atoms with E-state index >= 15 is 0 Å². The van der Waals surface area contributed by atoms with E-state index in [1.54, 1.807) is 11.3 Å². The molecule has 0 aliphatic heterocycles. The molecule has 0 spiro atoms. The van der Waals surface area contributed by atoms with Gasteiger partial charge in [-0.3, -0.25) is 0 Å². The lowest BCUT2D eigenvalue weighted by Crippen LogP contribution is -1.99. The second kappa shape index (κ2) is 4.55. The van der Waals surface area contributed by atoms with E-state index in [0.29, 0.717) is 0 Å². The van der Waals surface area contributed by atoms with E-state index in [0.717, 1.165) is 23.5 Å². The van der Waals surface area contributed by atoms with Gasteiger partial charge in [-0.1, -0.05) is 23.7 Å². The van der Waals surface area contributed by atoms with Crippen molar-refractivity contribution in [2.45, 2.75) is 13.0 Å². The van der Waals surface area contributed by atoms with E-state index in [1.807, 2.05) is 12.1 Å². The van der Waals surface area contributed by atoms with Crippen LogP contribution in [0.1, 0.15) is 5.56 Å². The van der Waals surface area contributed by atoms with Gasteiger partial charge in [0.15, 0.2) is 0 Å². The molecule has 3 rings (SSSR count). The standard InChI is InChI=1S/C14H12ClNS/c15-13-3-1-2-12-5-8-16(14(12)13)7-4-11-6-9-17-10-11/h1-3,5-6,8-10H,4,7H2. The highest BCUT2D eigenvalue weighted by Crippen LogP contribution is 2.24. The third-order valence-electron chi connectivity index (χ3n) is 2.96. The number of thiophene rings is 1. The number of nitrogens with zero attached hydrogens (tertiary/aromatic N) is 1. The van der Waals surface area contributed by atoms with Crippen molar-refractivity contribution in [3.05, 3.63) is 57.9 Å². The number of hydrogen-bond donors (Lipinski definition) is 0. The summed E-state index contributed by atoms with van der Waals surface area (Å²) < 4.78 is 2.23. The Morgan fingerprint density at radius 3 is 2.94 bits per heavy atom. The maximum Gasteiger partial charge on any atom is 0.0669 e. The zero-order valence-electron chi connectivity index (χ0n) is 9.27. The molecule has 2 aromatic heterocycles. The summed E-state index contributed by atoms with van der Waals surface area (Å²) in [5.41, 5.74) is 2.54. The van der Waals surface area contributed by atoms with Crippen LogP contribution in [0, 0.1) is 0 Å². The molecule has 17 heavy (non-hydrogen) atoms. The summed E-state index contributed by atoms with van der Waals surface area (Å²) >= 11 is 7.99. The minimum absolute atomic E-state index is 0.831. The summed E-state index contributed by atoms with van der Waals surface area (Å²) in [6.07, 6.45) is 3.17. The molecule has 0 unspecified atom stereocenters. The summed E-state index contributed by atoms with van der Waals surface area (Å²) in [4.78, 5) is 0. The van der Waals surface area contributed by atoms with Crippen molar-refractivity contribution in [1.29, 1.82) is 0 Å². The van der Waals surface area contributed by atoms with Crippen LogP contribution in [0.5, 0.6) is 0 Å². The van der Waals surface area contributed by atoms with Gasteiger partial charge in [0.1, 0.15) is 0 Å². The van der Waals surface area contributed by atoms with Crippen molar-refractivity contribution in [3.8, 4) is 0 Å². The largest absolute Gasteiger partial charge is 0.346 e. The molecule has 3 heteroatoms.